The Hall–Kier alpha value is -1.80. The summed E-state index contributed by atoms with van der Waals surface area (Å²) in [6, 6.07) is 18.3. The first-order valence-corrected chi connectivity index (χ1v) is 6.91. The third kappa shape index (κ3) is 4.39. The van der Waals surface area contributed by atoms with Gasteiger partial charge in [0.15, 0.2) is 6.79 Å². The van der Waals surface area contributed by atoms with E-state index >= 15 is 0 Å². The summed E-state index contributed by atoms with van der Waals surface area (Å²) < 4.78 is 11.1. The molecule has 2 rings (SSSR count). The Balaban J connectivity index is 1.77. The van der Waals surface area contributed by atoms with Gasteiger partial charge in [-0.25, -0.2) is 0 Å². The molecule has 0 amide bonds. The summed E-state index contributed by atoms with van der Waals surface area (Å²) in [4.78, 5) is 0. The highest BCUT2D eigenvalue weighted by Gasteiger charge is 2.12. The van der Waals surface area contributed by atoms with Crippen LogP contribution in [0.1, 0.15) is 31.9 Å². The first kappa shape index (κ1) is 14.6. The Bertz CT molecular complexity index is 509. The molecule has 0 aliphatic heterocycles. The molecule has 2 nitrogen and oxygen atoms in total. The maximum absolute atomic E-state index is 5.57. The molecule has 20 heavy (non-hydrogen) atoms. The molecule has 0 aliphatic carbocycles. The topological polar surface area (TPSA) is 18.5 Å². The molecule has 0 saturated carbocycles. The minimum atomic E-state index is 0.169. The number of ether oxygens (including phenoxy) is 2. The smallest absolute Gasteiger partial charge is 0.189 e. The number of rotatable bonds is 5. The monoisotopic (exact) mass is 270 g/mol. The Kier molecular flexibility index (Phi) is 4.80. The van der Waals surface area contributed by atoms with E-state index in [1.54, 1.807) is 0 Å². The van der Waals surface area contributed by atoms with Crippen LogP contribution in [-0.4, -0.2) is 6.79 Å². The van der Waals surface area contributed by atoms with Gasteiger partial charge in [-0.3, -0.25) is 0 Å². The molecule has 2 aromatic rings. The summed E-state index contributed by atoms with van der Waals surface area (Å²) in [5.74, 6) is 0.839. The number of benzene rings is 2. The van der Waals surface area contributed by atoms with Gasteiger partial charge in [-0.15, -0.1) is 0 Å². The molecule has 0 aliphatic rings. The van der Waals surface area contributed by atoms with Gasteiger partial charge in [0.05, 0.1) is 6.61 Å². The molecule has 0 bridgehead atoms. The van der Waals surface area contributed by atoms with E-state index in [9.17, 15) is 0 Å². The summed E-state index contributed by atoms with van der Waals surface area (Å²) in [6.45, 7) is 7.44. The highest BCUT2D eigenvalue weighted by atomic mass is 16.7. The van der Waals surface area contributed by atoms with E-state index in [0.29, 0.717) is 6.61 Å². The lowest BCUT2D eigenvalue weighted by atomic mass is 9.87. The third-order valence-corrected chi connectivity index (χ3v) is 3.14. The van der Waals surface area contributed by atoms with Crippen LogP contribution in [0.15, 0.2) is 54.6 Å². The molecule has 0 atom stereocenters. The summed E-state index contributed by atoms with van der Waals surface area (Å²) in [5.41, 5.74) is 2.62. The van der Waals surface area contributed by atoms with Gasteiger partial charge < -0.3 is 9.47 Å². The highest BCUT2D eigenvalue weighted by molar-refractivity contribution is 5.30. The van der Waals surface area contributed by atoms with Gasteiger partial charge >= 0.3 is 0 Å². The van der Waals surface area contributed by atoms with Crippen molar-refractivity contribution in [3.8, 4) is 5.75 Å². The number of hydrogen-bond acceptors (Lipinski definition) is 2. The molecule has 2 aromatic carbocycles. The van der Waals surface area contributed by atoms with Gasteiger partial charge in [0.25, 0.3) is 0 Å². The normalized spacial score (nSPS) is 11.3. The molecular formula is C18H22O2. The molecule has 0 spiro atoms. The molecule has 2 heteroatoms. The zero-order valence-electron chi connectivity index (χ0n) is 12.4. The molecule has 0 fully saturated rings. The highest BCUT2D eigenvalue weighted by Crippen LogP contribution is 2.24. The summed E-state index contributed by atoms with van der Waals surface area (Å²) in [7, 11) is 0. The van der Waals surface area contributed by atoms with Gasteiger partial charge in [-0.1, -0.05) is 63.2 Å². The van der Waals surface area contributed by atoms with Crippen LogP contribution < -0.4 is 4.74 Å². The lowest BCUT2D eigenvalue weighted by molar-refractivity contribution is 0.00503. The van der Waals surface area contributed by atoms with Crippen molar-refractivity contribution in [1.29, 1.82) is 0 Å². The van der Waals surface area contributed by atoms with E-state index in [-0.39, 0.29) is 12.2 Å². The zero-order valence-corrected chi connectivity index (χ0v) is 12.4. The molecule has 0 unspecified atom stereocenters. The van der Waals surface area contributed by atoms with Crippen molar-refractivity contribution in [1.82, 2.24) is 0 Å². The van der Waals surface area contributed by atoms with Gasteiger partial charge in [0, 0.05) is 0 Å². The zero-order chi connectivity index (χ0) is 14.4. The molecular weight excluding hydrogens is 248 g/mol. The van der Waals surface area contributed by atoms with Gasteiger partial charge in [-0.2, -0.15) is 0 Å². The van der Waals surface area contributed by atoms with Crippen LogP contribution in [0.25, 0.3) is 0 Å². The molecule has 0 N–H and O–H groups in total. The van der Waals surface area contributed by atoms with E-state index < -0.39 is 0 Å². The van der Waals surface area contributed by atoms with E-state index in [1.807, 2.05) is 42.5 Å². The van der Waals surface area contributed by atoms with Crippen LogP contribution in [0.4, 0.5) is 0 Å². The SMILES string of the molecule is CC(C)(C)c1ccc(OCOCc2ccccc2)cc1. The second kappa shape index (κ2) is 6.58. The maximum Gasteiger partial charge on any atom is 0.189 e. The number of hydrogen-bond donors (Lipinski definition) is 0. The van der Waals surface area contributed by atoms with Gasteiger partial charge in [-0.05, 0) is 28.7 Å². The Morgan fingerprint density at radius 3 is 2.10 bits per heavy atom. The second-order valence-electron chi connectivity index (χ2n) is 5.87. The first-order valence-electron chi connectivity index (χ1n) is 6.91. The maximum atomic E-state index is 5.57. The standard InChI is InChI=1S/C18H22O2/c1-18(2,3)16-9-11-17(12-10-16)20-14-19-13-15-7-5-4-6-8-15/h4-12H,13-14H2,1-3H3. The Morgan fingerprint density at radius 1 is 0.850 bits per heavy atom. The lowest BCUT2D eigenvalue weighted by Crippen LogP contribution is -2.10. The van der Waals surface area contributed by atoms with E-state index in [0.717, 1.165) is 11.3 Å². The molecule has 0 aromatic heterocycles. The third-order valence-electron chi connectivity index (χ3n) is 3.14. The van der Waals surface area contributed by atoms with E-state index in [1.165, 1.54) is 5.56 Å². The van der Waals surface area contributed by atoms with Gasteiger partial charge in [0.1, 0.15) is 5.75 Å². The molecule has 0 saturated heterocycles. The summed E-state index contributed by atoms with van der Waals surface area (Å²) in [5, 5.41) is 0. The predicted octanol–water partition coefficient (Wildman–Crippen LogP) is 4.54. The lowest BCUT2D eigenvalue weighted by Gasteiger charge is -2.19. The Labute approximate surface area is 121 Å². The predicted molar refractivity (Wildman–Crippen MR) is 81.9 cm³/mol. The van der Waals surface area contributed by atoms with Crippen molar-refractivity contribution >= 4 is 0 Å². The summed E-state index contributed by atoms with van der Waals surface area (Å²) in [6.07, 6.45) is 0. The van der Waals surface area contributed by atoms with Crippen molar-refractivity contribution < 1.29 is 9.47 Å². The van der Waals surface area contributed by atoms with Crippen molar-refractivity contribution in [2.75, 3.05) is 6.79 Å². The fourth-order valence-electron chi connectivity index (χ4n) is 1.89. The largest absolute Gasteiger partial charge is 0.468 e. The fraction of sp³-hybridized carbons (Fsp3) is 0.333. The quantitative estimate of drug-likeness (QED) is 0.586. The summed E-state index contributed by atoms with van der Waals surface area (Å²) >= 11 is 0. The molecule has 106 valence electrons. The van der Waals surface area contributed by atoms with Gasteiger partial charge in [0.2, 0.25) is 0 Å². The van der Waals surface area contributed by atoms with Crippen LogP contribution in [0, 0.1) is 0 Å². The minimum Gasteiger partial charge on any atom is -0.468 e. The van der Waals surface area contributed by atoms with Crippen LogP contribution in [0.3, 0.4) is 0 Å². The van der Waals surface area contributed by atoms with Crippen molar-refractivity contribution in [2.24, 2.45) is 0 Å². The average molecular weight is 270 g/mol. The van der Waals surface area contributed by atoms with E-state index in [2.05, 4.69) is 32.9 Å². The van der Waals surface area contributed by atoms with Crippen molar-refractivity contribution in [3.63, 3.8) is 0 Å². The minimum absolute atomic E-state index is 0.169. The van der Waals surface area contributed by atoms with Crippen LogP contribution in [-0.2, 0) is 16.8 Å². The first-order chi connectivity index (χ1) is 9.55. The van der Waals surface area contributed by atoms with Crippen molar-refractivity contribution in [3.05, 3.63) is 65.7 Å². The van der Waals surface area contributed by atoms with Crippen LogP contribution in [0.5, 0.6) is 5.75 Å². The second-order valence-corrected chi connectivity index (χ2v) is 5.87. The average Bonchev–Trinajstić information content (AvgIpc) is 2.44. The van der Waals surface area contributed by atoms with Crippen LogP contribution >= 0.6 is 0 Å². The van der Waals surface area contributed by atoms with E-state index in [4.69, 9.17) is 9.47 Å². The fourth-order valence-corrected chi connectivity index (χ4v) is 1.89. The van der Waals surface area contributed by atoms with Crippen molar-refractivity contribution in [2.45, 2.75) is 32.8 Å². The molecule has 0 heterocycles. The van der Waals surface area contributed by atoms with Crippen LogP contribution in [0.2, 0.25) is 0 Å². The molecule has 0 radical (unpaired) electrons. The Morgan fingerprint density at radius 2 is 1.50 bits per heavy atom.